The van der Waals surface area contributed by atoms with E-state index in [4.69, 9.17) is 0 Å². The maximum Gasteiger partial charge on any atom is 0.243 e. The molecule has 0 radical (unpaired) electrons. The van der Waals surface area contributed by atoms with E-state index in [0.717, 1.165) is 24.9 Å². The van der Waals surface area contributed by atoms with E-state index < -0.39 is 10.0 Å². The van der Waals surface area contributed by atoms with Gasteiger partial charge in [-0.3, -0.25) is 0 Å². The SMILES string of the molecule is O=S(=O)(c1ccccc1)N1CC(c2c[nH]c3ccccc23)C(c2cn3c4c(cccc24)CCC3)C1. The molecule has 0 spiro atoms. The van der Waals surface area contributed by atoms with Crippen LogP contribution < -0.4 is 0 Å². The van der Waals surface area contributed by atoms with Gasteiger partial charge in [-0.2, -0.15) is 4.31 Å². The van der Waals surface area contributed by atoms with Gasteiger partial charge in [0.05, 0.1) is 10.4 Å². The van der Waals surface area contributed by atoms with E-state index in [1.54, 1.807) is 28.6 Å². The molecule has 4 heterocycles. The monoisotopic (exact) mass is 481 g/mol. The van der Waals surface area contributed by atoms with Gasteiger partial charge in [0.2, 0.25) is 10.0 Å². The van der Waals surface area contributed by atoms with Crippen molar-refractivity contribution in [1.82, 2.24) is 13.9 Å². The lowest BCUT2D eigenvalue weighted by molar-refractivity contribution is 0.470. The molecule has 1 fully saturated rings. The van der Waals surface area contributed by atoms with Crippen molar-refractivity contribution in [1.29, 1.82) is 0 Å². The lowest BCUT2D eigenvalue weighted by Gasteiger charge is -2.18. The van der Waals surface area contributed by atoms with E-state index in [1.165, 1.54) is 33.0 Å². The average molecular weight is 482 g/mol. The number of hydrogen-bond donors (Lipinski definition) is 1. The van der Waals surface area contributed by atoms with Gasteiger partial charge in [-0.15, -0.1) is 0 Å². The zero-order chi connectivity index (χ0) is 23.6. The summed E-state index contributed by atoms with van der Waals surface area (Å²) in [5.74, 6) is 0.137. The van der Waals surface area contributed by atoms with Crippen LogP contribution in [0.2, 0.25) is 0 Å². The molecule has 0 saturated carbocycles. The van der Waals surface area contributed by atoms with Crippen molar-refractivity contribution in [2.45, 2.75) is 36.1 Å². The molecule has 0 aliphatic carbocycles. The molecular formula is C29H27N3O2S. The van der Waals surface area contributed by atoms with Crippen LogP contribution in [0, 0.1) is 0 Å². The second-order valence-electron chi connectivity index (χ2n) is 9.83. The third kappa shape index (κ3) is 3.20. The van der Waals surface area contributed by atoms with Crippen LogP contribution in [-0.2, 0) is 23.0 Å². The zero-order valence-corrected chi connectivity index (χ0v) is 20.2. The van der Waals surface area contributed by atoms with E-state index in [9.17, 15) is 8.42 Å². The highest BCUT2D eigenvalue weighted by Crippen LogP contribution is 2.46. The first kappa shape index (κ1) is 21.0. The minimum absolute atomic E-state index is 0.0631. The number of rotatable bonds is 4. The number of aromatic amines is 1. The average Bonchev–Trinajstić information content (AvgIpc) is 3.61. The lowest BCUT2D eigenvalue weighted by atomic mass is 9.83. The van der Waals surface area contributed by atoms with Crippen LogP contribution in [0.25, 0.3) is 21.8 Å². The van der Waals surface area contributed by atoms with Crippen molar-refractivity contribution in [2.24, 2.45) is 0 Å². The Labute approximate surface area is 205 Å². The molecule has 2 aliphatic heterocycles. The van der Waals surface area contributed by atoms with Crippen molar-refractivity contribution in [3.05, 3.63) is 102 Å². The fourth-order valence-corrected chi connectivity index (χ4v) is 7.83. The molecule has 35 heavy (non-hydrogen) atoms. The van der Waals surface area contributed by atoms with Crippen LogP contribution in [0.5, 0.6) is 0 Å². The number of aryl methyl sites for hydroxylation is 2. The summed E-state index contributed by atoms with van der Waals surface area (Å²) in [6.45, 7) is 1.96. The molecule has 1 saturated heterocycles. The van der Waals surface area contributed by atoms with Crippen LogP contribution >= 0.6 is 0 Å². The smallest absolute Gasteiger partial charge is 0.243 e. The number of benzene rings is 3. The summed E-state index contributed by atoms with van der Waals surface area (Å²) in [6.07, 6.45) is 6.64. The summed E-state index contributed by atoms with van der Waals surface area (Å²) < 4.78 is 31.5. The van der Waals surface area contributed by atoms with Gasteiger partial charge in [0.1, 0.15) is 0 Å². The lowest BCUT2D eigenvalue weighted by Crippen LogP contribution is -2.29. The number of para-hydroxylation sites is 2. The van der Waals surface area contributed by atoms with Gasteiger partial charge in [0.25, 0.3) is 0 Å². The summed E-state index contributed by atoms with van der Waals surface area (Å²) in [5.41, 5.74) is 6.28. The van der Waals surface area contributed by atoms with Gasteiger partial charge in [-0.05, 0) is 47.7 Å². The van der Waals surface area contributed by atoms with Gasteiger partial charge in [-0.1, -0.05) is 54.6 Å². The quantitative estimate of drug-likeness (QED) is 0.361. The Hall–Kier alpha value is -3.35. The maximum atomic E-state index is 13.7. The van der Waals surface area contributed by atoms with Gasteiger partial charge in [0, 0.05) is 60.2 Å². The minimum Gasteiger partial charge on any atom is -0.361 e. The topological polar surface area (TPSA) is 58.1 Å². The minimum atomic E-state index is -3.59. The molecule has 2 unspecified atom stereocenters. The number of aromatic nitrogens is 2. The highest BCUT2D eigenvalue weighted by atomic mass is 32.2. The van der Waals surface area contributed by atoms with Gasteiger partial charge in [0.15, 0.2) is 0 Å². The fraction of sp³-hybridized carbons (Fsp3) is 0.241. The van der Waals surface area contributed by atoms with Gasteiger partial charge < -0.3 is 9.55 Å². The second kappa shape index (κ2) is 7.83. The molecule has 6 heteroatoms. The maximum absolute atomic E-state index is 13.7. The van der Waals surface area contributed by atoms with Gasteiger partial charge >= 0.3 is 0 Å². The molecule has 5 aromatic rings. The molecule has 1 N–H and O–H groups in total. The molecular weight excluding hydrogens is 454 g/mol. The van der Waals surface area contributed by atoms with Gasteiger partial charge in [-0.25, -0.2) is 8.42 Å². The summed E-state index contributed by atoms with van der Waals surface area (Å²) in [6, 6.07) is 23.8. The molecule has 176 valence electrons. The Kier molecular flexibility index (Phi) is 4.69. The number of hydrogen-bond acceptors (Lipinski definition) is 2. The Balaban J connectivity index is 1.39. The summed E-state index contributed by atoms with van der Waals surface area (Å²) in [4.78, 5) is 3.78. The molecule has 0 amide bonds. The number of fused-ring (bicyclic) bond motifs is 1. The largest absolute Gasteiger partial charge is 0.361 e. The van der Waals surface area contributed by atoms with E-state index >= 15 is 0 Å². The van der Waals surface area contributed by atoms with Crippen LogP contribution in [0.1, 0.15) is 34.9 Å². The number of nitrogens with one attached hydrogen (secondary N) is 1. The molecule has 2 atom stereocenters. The van der Waals surface area contributed by atoms with E-state index in [0.29, 0.717) is 18.0 Å². The predicted octanol–water partition coefficient (Wildman–Crippen LogP) is 5.64. The van der Waals surface area contributed by atoms with Crippen molar-refractivity contribution in [3.63, 3.8) is 0 Å². The van der Waals surface area contributed by atoms with Crippen molar-refractivity contribution in [3.8, 4) is 0 Å². The Bertz CT molecular complexity index is 1670. The highest BCUT2D eigenvalue weighted by molar-refractivity contribution is 7.89. The molecule has 3 aromatic carbocycles. The molecule has 0 bridgehead atoms. The summed E-state index contributed by atoms with van der Waals surface area (Å²) in [5, 5.41) is 2.45. The molecule has 5 nitrogen and oxygen atoms in total. The summed E-state index contributed by atoms with van der Waals surface area (Å²) >= 11 is 0. The number of H-pyrrole nitrogens is 1. The highest BCUT2D eigenvalue weighted by Gasteiger charge is 2.42. The van der Waals surface area contributed by atoms with Crippen LogP contribution in [0.15, 0.2) is 90.1 Å². The van der Waals surface area contributed by atoms with Crippen LogP contribution in [-0.4, -0.2) is 35.4 Å². The first-order valence-electron chi connectivity index (χ1n) is 12.3. The predicted molar refractivity (Wildman–Crippen MR) is 139 cm³/mol. The summed E-state index contributed by atoms with van der Waals surface area (Å²) in [7, 11) is -3.59. The van der Waals surface area contributed by atoms with E-state index in [2.05, 4.69) is 58.3 Å². The first-order valence-corrected chi connectivity index (χ1v) is 13.8. The Morgan fingerprint density at radius 2 is 1.54 bits per heavy atom. The molecule has 2 aromatic heterocycles. The van der Waals surface area contributed by atoms with E-state index in [-0.39, 0.29) is 11.8 Å². The van der Waals surface area contributed by atoms with Crippen molar-refractivity contribution < 1.29 is 8.42 Å². The van der Waals surface area contributed by atoms with Crippen molar-refractivity contribution >= 4 is 31.8 Å². The third-order valence-corrected chi connectivity index (χ3v) is 9.79. The van der Waals surface area contributed by atoms with Crippen LogP contribution in [0.4, 0.5) is 0 Å². The fourth-order valence-electron chi connectivity index (χ4n) is 6.32. The molecule has 7 rings (SSSR count). The first-order chi connectivity index (χ1) is 17.1. The molecule has 2 aliphatic rings. The standard InChI is InChI=1S/C29H27N3O2S/c33-35(34,21-10-2-1-3-11-21)32-18-26(24-16-30-28-14-5-4-12-22(24)28)27(19-32)25-17-31-15-7-9-20-8-6-13-23(25)29(20)31/h1-6,8,10-14,16-17,26-27,30H,7,9,15,18-19H2. The van der Waals surface area contributed by atoms with Crippen molar-refractivity contribution in [2.75, 3.05) is 13.1 Å². The third-order valence-electron chi connectivity index (χ3n) is 7.95. The van der Waals surface area contributed by atoms with Crippen LogP contribution in [0.3, 0.4) is 0 Å². The second-order valence-corrected chi connectivity index (χ2v) is 11.8. The van der Waals surface area contributed by atoms with E-state index in [1.807, 2.05) is 12.1 Å². The zero-order valence-electron chi connectivity index (χ0n) is 19.4. The number of sulfonamides is 1. The Morgan fingerprint density at radius 1 is 0.800 bits per heavy atom. The normalized spacial score (nSPS) is 20.7. The number of nitrogens with zero attached hydrogens (tertiary/aromatic N) is 2. The Morgan fingerprint density at radius 3 is 2.40 bits per heavy atom.